The Morgan fingerprint density at radius 3 is 2.69 bits per heavy atom. The van der Waals surface area contributed by atoms with Gasteiger partial charge in [-0.25, -0.2) is 0 Å². The molecule has 6 heteroatoms. The number of likely N-dealkylation sites (tertiary alicyclic amines) is 1. The van der Waals surface area contributed by atoms with Crippen molar-refractivity contribution in [3.05, 3.63) is 54.1 Å². The fourth-order valence-corrected chi connectivity index (χ4v) is 4.87. The molecule has 2 amide bonds. The standard InChI is InChI=1S/C23H27N3O2S/c27-22-9-6-18-16-19(7-8-21(18)25-22)24-23(28)17-10-12-26(13-11-17)14-15-29-20-4-2-1-3-5-20/h1-5,7-8,16-17H,6,9-15H2,(H,24,28)(H,25,27). The van der Waals surface area contributed by atoms with Gasteiger partial charge in [0.15, 0.2) is 0 Å². The van der Waals surface area contributed by atoms with Crippen LogP contribution in [0.4, 0.5) is 11.4 Å². The molecule has 2 aromatic rings. The normalized spacial score (nSPS) is 17.4. The van der Waals surface area contributed by atoms with E-state index in [0.29, 0.717) is 6.42 Å². The van der Waals surface area contributed by atoms with Crippen molar-refractivity contribution >= 4 is 35.0 Å². The van der Waals surface area contributed by atoms with Crippen LogP contribution in [0.2, 0.25) is 0 Å². The van der Waals surface area contributed by atoms with E-state index >= 15 is 0 Å². The van der Waals surface area contributed by atoms with Crippen molar-refractivity contribution in [2.24, 2.45) is 5.92 Å². The summed E-state index contributed by atoms with van der Waals surface area (Å²) in [5.74, 6) is 1.32. The van der Waals surface area contributed by atoms with Crippen molar-refractivity contribution in [3.63, 3.8) is 0 Å². The van der Waals surface area contributed by atoms with Crippen LogP contribution < -0.4 is 10.6 Å². The summed E-state index contributed by atoms with van der Waals surface area (Å²) in [4.78, 5) is 27.9. The van der Waals surface area contributed by atoms with Crippen LogP contribution in [0.15, 0.2) is 53.4 Å². The van der Waals surface area contributed by atoms with Gasteiger partial charge in [-0.15, -0.1) is 11.8 Å². The molecule has 29 heavy (non-hydrogen) atoms. The molecule has 2 heterocycles. The minimum atomic E-state index is 0.0585. The van der Waals surface area contributed by atoms with E-state index in [0.717, 1.165) is 61.6 Å². The molecule has 0 aliphatic carbocycles. The van der Waals surface area contributed by atoms with Crippen molar-refractivity contribution in [2.45, 2.75) is 30.6 Å². The molecule has 0 atom stereocenters. The van der Waals surface area contributed by atoms with E-state index in [2.05, 4.69) is 39.8 Å². The Kier molecular flexibility index (Phi) is 6.52. The minimum absolute atomic E-state index is 0.0585. The van der Waals surface area contributed by atoms with Gasteiger partial charge in [-0.05, 0) is 68.2 Å². The molecule has 2 aliphatic rings. The number of benzene rings is 2. The van der Waals surface area contributed by atoms with Gasteiger partial charge in [-0.3, -0.25) is 9.59 Å². The van der Waals surface area contributed by atoms with E-state index in [9.17, 15) is 9.59 Å². The predicted octanol–water partition coefficient (Wildman–Crippen LogP) is 4.01. The molecule has 4 rings (SSSR count). The highest BCUT2D eigenvalue weighted by Crippen LogP contribution is 2.27. The molecule has 0 aromatic heterocycles. The van der Waals surface area contributed by atoms with Crippen molar-refractivity contribution < 1.29 is 9.59 Å². The van der Waals surface area contributed by atoms with Crippen molar-refractivity contribution in [3.8, 4) is 0 Å². The largest absolute Gasteiger partial charge is 0.326 e. The first kappa shape index (κ1) is 20.0. The van der Waals surface area contributed by atoms with Crippen LogP contribution in [0.25, 0.3) is 0 Å². The number of aryl methyl sites for hydroxylation is 1. The molecule has 152 valence electrons. The highest BCUT2D eigenvalue weighted by molar-refractivity contribution is 7.99. The van der Waals surface area contributed by atoms with Gasteiger partial charge in [-0.2, -0.15) is 0 Å². The van der Waals surface area contributed by atoms with Gasteiger partial charge >= 0.3 is 0 Å². The van der Waals surface area contributed by atoms with Crippen molar-refractivity contribution in [2.75, 3.05) is 36.0 Å². The summed E-state index contributed by atoms with van der Waals surface area (Å²) in [6.07, 6.45) is 3.04. The zero-order chi connectivity index (χ0) is 20.1. The average Bonchev–Trinajstić information content (AvgIpc) is 2.75. The molecule has 0 radical (unpaired) electrons. The molecule has 0 unspecified atom stereocenters. The second-order valence-corrected chi connectivity index (χ2v) is 8.86. The summed E-state index contributed by atoms with van der Waals surface area (Å²) in [6, 6.07) is 16.2. The lowest BCUT2D eigenvalue weighted by Gasteiger charge is -2.31. The maximum absolute atomic E-state index is 12.7. The third kappa shape index (κ3) is 5.40. The topological polar surface area (TPSA) is 61.4 Å². The van der Waals surface area contributed by atoms with E-state index in [-0.39, 0.29) is 17.7 Å². The van der Waals surface area contributed by atoms with Gasteiger partial charge in [0, 0.05) is 40.9 Å². The molecule has 0 bridgehead atoms. The average molecular weight is 410 g/mol. The molecule has 1 saturated heterocycles. The summed E-state index contributed by atoms with van der Waals surface area (Å²) in [5, 5.41) is 5.96. The maximum Gasteiger partial charge on any atom is 0.227 e. The lowest BCUT2D eigenvalue weighted by Crippen LogP contribution is -2.39. The zero-order valence-electron chi connectivity index (χ0n) is 16.5. The van der Waals surface area contributed by atoms with E-state index in [1.165, 1.54) is 4.90 Å². The highest BCUT2D eigenvalue weighted by atomic mass is 32.2. The van der Waals surface area contributed by atoms with Crippen LogP contribution in [0, 0.1) is 5.92 Å². The summed E-state index contributed by atoms with van der Waals surface area (Å²) < 4.78 is 0. The number of rotatable bonds is 6. The molecular weight excluding hydrogens is 382 g/mol. The van der Waals surface area contributed by atoms with E-state index in [1.54, 1.807) is 0 Å². The zero-order valence-corrected chi connectivity index (χ0v) is 17.3. The molecule has 2 N–H and O–H groups in total. The first-order valence-corrected chi connectivity index (χ1v) is 11.3. The predicted molar refractivity (Wildman–Crippen MR) is 118 cm³/mol. The highest BCUT2D eigenvalue weighted by Gasteiger charge is 2.25. The maximum atomic E-state index is 12.7. The van der Waals surface area contributed by atoms with Crippen LogP contribution in [0.1, 0.15) is 24.8 Å². The first-order chi connectivity index (χ1) is 14.2. The summed E-state index contributed by atoms with van der Waals surface area (Å²) >= 11 is 1.89. The monoisotopic (exact) mass is 409 g/mol. The Morgan fingerprint density at radius 2 is 1.90 bits per heavy atom. The Morgan fingerprint density at radius 1 is 1.10 bits per heavy atom. The Hall–Kier alpha value is -2.31. The summed E-state index contributed by atoms with van der Waals surface area (Å²) in [6.45, 7) is 3.01. The Bertz CT molecular complexity index is 864. The minimum Gasteiger partial charge on any atom is -0.326 e. The Balaban J connectivity index is 1.21. The molecule has 2 aliphatic heterocycles. The van der Waals surface area contributed by atoms with Crippen molar-refractivity contribution in [1.29, 1.82) is 0 Å². The van der Waals surface area contributed by atoms with Gasteiger partial charge < -0.3 is 15.5 Å². The number of anilines is 2. The van der Waals surface area contributed by atoms with Crippen LogP contribution >= 0.6 is 11.8 Å². The van der Waals surface area contributed by atoms with Crippen LogP contribution in [0.5, 0.6) is 0 Å². The van der Waals surface area contributed by atoms with Gasteiger partial charge in [0.05, 0.1) is 0 Å². The first-order valence-electron chi connectivity index (χ1n) is 10.3. The number of hydrogen-bond acceptors (Lipinski definition) is 4. The van der Waals surface area contributed by atoms with E-state index in [1.807, 2.05) is 36.0 Å². The number of carbonyl (C=O) groups is 2. The quantitative estimate of drug-likeness (QED) is 0.708. The molecule has 0 saturated carbocycles. The number of hydrogen-bond donors (Lipinski definition) is 2. The smallest absolute Gasteiger partial charge is 0.227 e. The number of piperidine rings is 1. The summed E-state index contributed by atoms with van der Waals surface area (Å²) in [5.41, 5.74) is 2.78. The fourth-order valence-electron chi connectivity index (χ4n) is 3.93. The Labute approximate surface area is 176 Å². The number of amides is 2. The number of nitrogens with zero attached hydrogens (tertiary/aromatic N) is 1. The van der Waals surface area contributed by atoms with E-state index in [4.69, 9.17) is 0 Å². The third-order valence-electron chi connectivity index (χ3n) is 5.65. The second kappa shape index (κ2) is 9.46. The van der Waals surface area contributed by atoms with Gasteiger partial charge in [0.25, 0.3) is 0 Å². The van der Waals surface area contributed by atoms with Gasteiger partial charge in [0.1, 0.15) is 0 Å². The van der Waals surface area contributed by atoms with Crippen LogP contribution in [-0.2, 0) is 16.0 Å². The van der Waals surface area contributed by atoms with Crippen molar-refractivity contribution in [1.82, 2.24) is 4.90 Å². The number of thioether (sulfide) groups is 1. The van der Waals surface area contributed by atoms with E-state index < -0.39 is 0 Å². The van der Waals surface area contributed by atoms with Gasteiger partial charge in [0.2, 0.25) is 11.8 Å². The molecule has 0 spiro atoms. The summed E-state index contributed by atoms with van der Waals surface area (Å²) in [7, 11) is 0. The third-order valence-corrected chi connectivity index (χ3v) is 6.64. The number of carbonyl (C=O) groups excluding carboxylic acids is 2. The second-order valence-electron chi connectivity index (χ2n) is 7.69. The van der Waals surface area contributed by atoms with Crippen LogP contribution in [-0.4, -0.2) is 42.1 Å². The SMILES string of the molecule is O=C1CCc2cc(NC(=O)C3CCN(CCSc4ccccc4)CC3)ccc2N1. The van der Waals surface area contributed by atoms with Crippen LogP contribution in [0.3, 0.4) is 0 Å². The van der Waals surface area contributed by atoms with Gasteiger partial charge in [-0.1, -0.05) is 18.2 Å². The number of fused-ring (bicyclic) bond motifs is 1. The number of nitrogens with one attached hydrogen (secondary N) is 2. The lowest BCUT2D eigenvalue weighted by molar-refractivity contribution is -0.121. The molecular formula is C23H27N3O2S. The molecule has 1 fully saturated rings. The molecule has 2 aromatic carbocycles. The lowest BCUT2D eigenvalue weighted by atomic mass is 9.95. The fraction of sp³-hybridized carbons (Fsp3) is 0.391. The molecule has 5 nitrogen and oxygen atoms in total.